The van der Waals surface area contributed by atoms with Gasteiger partial charge in [0.15, 0.2) is 0 Å². The number of halogens is 7. The normalized spacial score (nSPS) is 13.3. The van der Waals surface area contributed by atoms with Crippen molar-refractivity contribution in [3.63, 3.8) is 0 Å². The van der Waals surface area contributed by atoms with Crippen molar-refractivity contribution in [2.45, 2.75) is 38.5 Å². The van der Waals surface area contributed by atoms with Gasteiger partial charge in [-0.25, -0.2) is 5.43 Å². The third-order valence-corrected chi connectivity index (χ3v) is 3.99. The third kappa shape index (κ3) is 3.46. The molecule has 1 N–H and O–H groups in total. The van der Waals surface area contributed by atoms with Gasteiger partial charge in [0.2, 0.25) is 0 Å². The number of terminal acetylenes is 1. The minimum absolute atomic E-state index is 0.150. The van der Waals surface area contributed by atoms with Gasteiger partial charge in [0, 0.05) is 16.6 Å². The van der Waals surface area contributed by atoms with E-state index in [1.165, 1.54) is 0 Å². The van der Waals surface area contributed by atoms with Crippen LogP contribution < -0.4 is 5.43 Å². The Kier molecular flexibility index (Phi) is 5.19. The molecule has 0 aliphatic carbocycles. The molecule has 1 heterocycles. The molecule has 0 fully saturated rings. The number of para-hydroxylation sites is 1. The zero-order valence-electron chi connectivity index (χ0n) is 14.1. The van der Waals surface area contributed by atoms with Crippen molar-refractivity contribution in [1.29, 1.82) is 0 Å². The molecular formula is C17H14F7N3. The summed E-state index contributed by atoms with van der Waals surface area (Å²) in [4.78, 5) is 0. The van der Waals surface area contributed by atoms with Crippen molar-refractivity contribution in [2.75, 3.05) is 0 Å². The first-order chi connectivity index (χ1) is 12.3. The molecule has 0 atom stereocenters. The highest BCUT2D eigenvalue weighted by atomic mass is 19.4. The fourth-order valence-corrected chi connectivity index (χ4v) is 2.62. The van der Waals surface area contributed by atoms with Crippen molar-refractivity contribution in [2.24, 2.45) is 5.10 Å². The lowest BCUT2D eigenvalue weighted by atomic mass is 10.1. The largest absolute Gasteiger partial charge is 0.462 e. The fourth-order valence-electron chi connectivity index (χ4n) is 2.62. The Morgan fingerprint density at radius 2 is 1.78 bits per heavy atom. The van der Waals surface area contributed by atoms with Crippen molar-refractivity contribution < 1.29 is 30.7 Å². The number of hydrogen-bond donors (Lipinski definition) is 1. The van der Waals surface area contributed by atoms with Gasteiger partial charge >= 0.3 is 18.1 Å². The Hall–Kier alpha value is -2.70. The van der Waals surface area contributed by atoms with Gasteiger partial charge in [0.1, 0.15) is 0 Å². The molecule has 27 heavy (non-hydrogen) atoms. The van der Waals surface area contributed by atoms with E-state index < -0.39 is 18.1 Å². The SMILES string of the molecule is C#CCn1c(C)c(/C=N/NC(F)(F)C(F)(F)C(F)(F)F)c2cccc(C)c21. The number of hydrogen-bond acceptors (Lipinski definition) is 2. The molecule has 0 spiro atoms. The molecule has 0 aliphatic heterocycles. The van der Waals surface area contributed by atoms with E-state index in [0.717, 1.165) is 11.8 Å². The van der Waals surface area contributed by atoms with Crippen molar-refractivity contribution >= 4 is 17.1 Å². The van der Waals surface area contributed by atoms with Gasteiger partial charge < -0.3 is 4.57 Å². The number of alkyl halides is 7. The van der Waals surface area contributed by atoms with Crippen LogP contribution in [0.1, 0.15) is 16.8 Å². The van der Waals surface area contributed by atoms with E-state index in [1.54, 1.807) is 36.6 Å². The van der Waals surface area contributed by atoms with E-state index in [2.05, 4.69) is 11.0 Å². The number of aromatic nitrogens is 1. The monoisotopic (exact) mass is 393 g/mol. The van der Waals surface area contributed by atoms with Crippen LogP contribution >= 0.6 is 0 Å². The zero-order chi connectivity index (χ0) is 20.6. The standard InChI is InChI=1S/C17H14F7N3/c1-4-8-27-11(3)13(12-7-5-6-10(2)14(12)27)9-25-26-17(23,24)15(18,19)16(20,21)22/h1,5-7,9,26H,8H2,2-3H3/b25-9+. The minimum atomic E-state index is -6.44. The summed E-state index contributed by atoms with van der Waals surface area (Å²) in [5.74, 6) is -3.86. The molecule has 3 nitrogen and oxygen atoms in total. The van der Waals surface area contributed by atoms with Crippen LogP contribution in [-0.4, -0.2) is 28.9 Å². The number of hydrazone groups is 1. The van der Waals surface area contributed by atoms with Crippen LogP contribution in [0, 0.1) is 26.2 Å². The number of rotatable bonds is 5. The van der Waals surface area contributed by atoms with Gasteiger partial charge in [-0.05, 0) is 19.4 Å². The van der Waals surface area contributed by atoms with Crippen LogP contribution in [0.15, 0.2) is 23.3 Å². The maximum absolute atomic E-state index is 13.3. The van der Waals surface area contributed by atoms with Gasteiger partial charge in [-0.2, -0.15) is 35.8 Å². The Morgan fingerprint density at radius 3 is 2.33 bits per heavy atom. The van der Waals surface area contributed by atoms with Gasteiger partial charge in [-0.15, -0.1) is 6.42 Å². The number of nitrogens with one attached hydrogen (secondary N) is 1. The summed E-state index contributed by atoms with van der Waals surface area (Å²) in [5.41, 5.74) is 2.87. The van der Waals surface area contributed by atoms with E-state index >= 15 is 0 Å². The van der Waals surface area contributed by atoms with Gasteiger partial charge in [-0.1, -0.05) is 24.1 Å². The predicted octanol–water partition coefficient (Wildman–Crippen LogP) is 4.61. The highest BCUT2D eigenvalue weighted by Crippen LogP contribution is 2.45. The van der Waals surface area contributed by atoms with Crippen molar-refractivity contribution in [3.8, 4) is 12.3 Å². The minimum Gasteiger partial charge on any atom is -0.332 e. The Morgan fingerprint density at radius 1 is 1.15 bits per heavy atom. The summed E-state index contributed by atoms with van der Waals surface area (Å²) in [6.45, 7) is 3.53. The Labute approximate surface area is 149 Å². The summed E-state index contributed by atoms with van der Waals surface area (Å²) in [5, 5.41) is 3.48. The van der Waals surface area contributed by atoms with Crippen molar-refractivity contribution in [3.05, 3.63) is 35.0 Å². The lowest BCUT2D eigenvalue weighted by molar-refractivity contribution is -0.361. The molecule has 0 unspecified atom stereocenters. The number of aryl methyl sites for hydroxylation is 1. The first-order valence-electron chi connectivity index (χ1n) is 7.49. The molecule has 0 bridgehead atoms. The highest BCUT2D eigenvalue weighted by molar-refractivity contribution is 6.02. The van der Waals surface area contributed by atoms with Gasteiger partial charge in [0.25, 0.3) is 0 Å². The molecule has 0 radical (unpaired) electrons. The number of nitrogens with zero attached hydrogens (tertiary/aromatic N) is 2. The molecule has 146 valence electrons. The first-order valence-corrected chi connectivity index (χ1v) is 7.49. The van der Waals surface area contributed by atoms with Crippen LogP contribution in [0.25, 0.3) is 10.9 Å². The summed E-state index contributed by atoms with van der Waals surface area (Å²) in [6, 6.07) is -0.532. The van der Waals surface area contributed by atoms with Crippen LogP contribution in [0.5, 0.6) is 0 Å². The predicted molar refractivity (Wildman–Crippen MR) is 86.9 cm³/mol. The smallest absolute Gasteiger partial charge is 0.332 e. The average molecular weight is 393 g/mol. The third-order valence-electron chi connectivity index (χ3n) is 3.99. The molecular weight excluding hydrogens is 379 g/mol. The Balaban J connectivity index is 2.44. The summed E-state index contributed by atoms with van der Waals surface area (Å²) in [6.07, 6.45) is -0.348. The molecule has 0 amide bonds. The fraction of sp³-hybridized carbons (Fsp3) is 0.353. The molecule has 1 aromatic carbocycles. The van der Waals surface area contributed by atoms with E-state index in [-0.39, 0.29) is 12.1 Å². The molecule has 0 aliphatic rings. The lowest BCUT2D eigenvalue weighted by Crippen LogP contribution is -2.58. The second-order valence-corrected chi connectivity index (χ2v) is 5.78. The van der Waals surface area contributed by atoms with Crippen molar-refractivity contribution in [1.82, 2.24) is 9.99 Å². The highest BCUT2D eigenvalue weighted by Gasteiger charge is 2.73. The van der Waals surface area contributed by atoms with Crippen LogP contribution in [0.3, 0.4) is 0 Å². The summed E-state index contributed by atoms with van der Waals surface area (Å²) in [7, 11) is 0. The molecule has 2 aromatic rings. The van der Waals surface area contributed by atoms with Crippen LogP contribution in [0.2, 0.25) is 0 Å². The lowest BCUT2D eigenvalue weighted by Gasteiger charge is -2.27. The second kappa shape index (κ2) is 6.79. The summed E-state index contributed by atoms with van der Waals surface area (Å²) < 4.78 is 90.4. The van der Waals surface area contributed by atoms with E-state index in [0.29, 0.717) is 22.0 Å². The second-order valence-electron chi connectivity index (χ2n) is 5.78. The molecule has 1 aromatic heterocycles. The zero-order valence-corrected chi connectivity index (χ0v) is 14.1. The molecule has 2 rings (SSSR count). The maximum atomic E-state index is 13.3. The molecule has 0 saturated carbocycles. The van der Waals surface area contributed by atoms with E-state index in [4.69, 9.17) is 6.42 Å². The Bertz CT molecular complexity index is 917. The van der Waals surface area contributed by atoms with E-state index in [9.17, 15) is 30.7 Å². The first kappa shape index (κ1) is 20.6. The molecule has 10 heteroatoms. The van der Waals surface area contributed by atoms with Crippen LogP contribution in [-0.2, 0) is 6.54 Å². The number of benzene rings is 1. The quantitative estimate of drug-likeness (QED) is 0.260. The van der Waals surface area contributed by atoms with Gasteiger partial charge in [-0.3, -0.25) is 0 Å². The topological polar surface area (TPSA) is 29.3 Å². The van der Waals surface area contributed by atoms with Gasteiger partial charge in [0.05, 0.1) is 18.3 Å². The van der Waals surface area contributed by atoms with Crippen LogP contribution in [0.4, 0.5) is 30.7 Å². The molecule has 0 saturated heterocycles. The number of fused-ring (bicyclic) bond motifs is 1. The average Bonchev–Trinajstić information content (AvgIpc) is 2.81. The van der Waals surface area contributed by atoms with E-state index in [1.807, 2.05) is 0 Å². The maximum Gasteiger partial charge on any atom is 0.462 e. The summed E-state index contributed by atoms with van der Waals surface area (Å²) >= 11 is 0.